The van der Waals surface area contributed by atoms with E-state index in [9.17, 15) is 4.79 Å². The molecule has 0 aliphatic heterocycles. The van der Waals surface area contributed by atoms with Crippen LogP contribution in [0.3, 0.4) is 0 Å². The lowest BCUT2D eigenvalue weighted by Crippen LogP contribution is -2.08. The van der Waals surface area contributed by atoms with Crippen molar-refractivity contribution in [3.05, 3.63) is 341 Å². The van der Waals surface area contributed by atoms with Crippen LogP contribution in [0.1, 0.15) is 57.6 Å². The van der Waals surface area contributed by atoms with Gasteiger partial charge in [0.2, 0.25) is 71.4 Å². The molecular formula is C97H95ClN24O5. The van der Waals surface area contributed by atoms with E-state index < -0.39 is 0 Å². The maximum Gasteiger partial charge on any atom is 0.338 e. The number of esters is 1. The predicted octanol–water partition coefficient (Wildman–Crippen LogP) is 23.4. The molecule has 0 spiro atoms. The second-order valence-corrected chi connectivity index (χ2v) is 28.8. The molecule has 0 saturated carbocycles. The highest BCUT2D eigenvalue weighted by atomic mass is 35.5. The van der Waals surface area contributed by atoms with Gasteiger partial charge in [0.25, 0.3) is 0 Å². The summed E-state index contributed by atoms with van der Waals surface area (Å²) in [5.74, 6) is 6.76. The van der Waals surface area contributed by atoms with Crippen LogP contribution in [-0.4, -0.2) is 93.7 Å². The Balaban J connectivity index is 0.000000145. The van der Waals surface area contributed by atoms with E-state index in [1.165, 1.54) is 11.1 Å². The topological polar surface area (TPSA) is 353 Å². The second kappa shape index (κ2) is 44.3. The molecule has 16 aromatic rings. The normalized spacial score (nSPS) is 10.4. The molecule has 16 rings (SSSR count). The smallest absolute Gasteiger partial charge is 0.338 e. The lowest BCUT2D eigenvalue weighted by Gasteiger charge is -2.13. The Morgan fingerprint density at radius 3 is 0.945 bits per heavy atom. The van der Waals surface area contributed by atoms with Crippen LogP contribution in [0.4, 0.5) is 140 Å². The number of anilines is 24. The molecule has 127 heavy (non-hydrogen) atoms. The summed E-state index contributed by atoms with van der Waals surface area (Å²) in [6.45, 7) is 14.4. The number of methoxy groups -OCH3 is 3. The maximum atomic E-state index is 11.9. The number of rotatable bonds is 30. The van der Waals surface area contributed by atoms with Gasteiger partial charge >= 0.3 is 5.97 Å². The number of aromatic nitrogens is 12. The minimum absolute atomic E-state index is 0.324. The van der Waals surface area contributed by atoms with Crippen LogP contribution in [0.2, 0.25) is 5.02 Å². The molecule has 0 fully saturated rings. The Kier molecular flexibility index (Phi) is 30.8. The number of nitrogens with one attached hydrogen (secondary N) is 12. The van der Waals surface area contributed by atoms with Crippen molar-refractivity contribution >= 4 is 157 Å². The third-order valence-corrected chi connectivity index (χ3v) is 18.9. The molecule has 4 heterocycles. The fraction of sp³-hybridized carbons (Fsp3) is 0.124. The minimum Gasteiger partial charge on any atom is -0.497 e. The first-order valence-corrected chi connectivity index (χ1v) is 40.9. The molecule has 0 radical (unpaired) electrons. The van der Waals surface area contributed by atoms with E-state index in [1.807, 2.05) is 302 Å². The summed E-state index contributed by atoms with van der Waals surface area (Å²) >= 11 is 6.31. The van der Waals surface area contributed by atoms with Gasteiger partial charge < -0.3 is 82.7 Å². The van der Waals surface area contributed by atoms with Gasteiger partial charge in [0.15, 0.2) is 0 Å². The molecule has 0 aliphatic rings. The number of aryl methyl sites for hydroxylation is 6. The van der Waals surface area contributed by atoms with E-state index in [0.717, 1.165) is 108 Å². The standard InChI is InChI=1S/C26H26N6O3.C24H23ClN6.C24H24N6O.C23H22N6O/c1-4-35-23(33)18-7-11-20(12-8-18)28-25-30-24(27-19-9-5-17(2)6-10-19)31-26(32-25)29-21-13-15-22(34-3)16-14-21;1-3-17-10-4-6-13-20(17)27-23-29-22(26-18-11-8-9-16(2)15-18)30-24(31-23)28-21-14-7-5-12-19(21)25;1-16-7-9-18(10-8-16)25-22-28-23(26-19-11-13-21(31-3)14-12-19)30-24(29-22)27-20-6-4-5-17(2)15-20;1-16-9-6-7-14-20(16)26-23-28-21(24-17-10-4-3-5-11-17)27-22(29-23)25-18-12-8-13-19(15-18)30-2/h5-16H,4H2,1-3H3,(H3,27,28,29,30,31,32);4-15H,3H2,1-2H3,(H3,26,27,28,29,30,31);4-15H,1-3H3,(H3,25,26,27,28,29,30);3-15H,1-2H3,(H3,24,25,26,27,28,29). The SMILES string of the molecule is CCOC(=O)c1ccc(Nc2nc(Nc3ccc(C)cc3)nc(Nc3ccc(OC)cc3)n2)cc1.CCc1ccccc1Nc1nc(Nc2cccc(C)c2)nc(Nc2ccccc2Cl)n1.COc1ccc(Nc2nc(Nc3ccc(C)cc3)nc(Nc3cccc(C)c3)n2)cc1.COc1cccc(Nc2nc(Nc3ccccc3)nc(Nc3ccccc3C)n2)c1. The van der Waals surface area contributed by atoms with Gasteiger partial charge in [0, 0.05) is 68.6 Å². The van der Waals surface area contributed by atoms with Gasteiger partial charge in [-0.1, -0.05) is 151 Å². The van der Waals surface area contributed by atoms with E-state index >= 15 is 0 Å². The third kappa shape index (κ3) is 27.2. The van der Waals surface area contributed by atoms with Crippen molar-refractivity contribution in [2.24, 2.45) is 0 Å². The van der Waals surface area contributed by atoms with Gasteiger partial charge in [-0.05, 0) is 240 Å². The molecular weight excluding hydrogens is 1620 g/mol. The Hall–Kier alpha value is -16.6. The van der Waals surface area contributed by atoms with E-state index in [4.69, 9.17) is 30.5 Å². The maximum absolute atomic E-state index is 11.9. The number of ether oxygens (including phenoxy) is 4. The number of hydrogen-bond acceptors (Lipinski definition) is 29. The molecule has 12 aromatic carbocycles. The molecule has 12 N–H and O–H groups in total. The molecule has 0 unspecified atom stereocenters. The van der Waals surface area contributed by atoms with Crippen molar-refractivity contribution in [3.8, 4) is 17.2 Å². The highest BCUT2D eigenvalue weighted by molar-refractivity contribution is 6.33. The zero-order valence-corrected chi connectivity index (χ0v) is 72.2. The average molecular weight is 1710 g/mol. The number of nitrogens with zero attached hydrogens (tertiary/aromatic N) is 12. The summed E-state index contributed by atoms with van der Waals surface area (Å²) in [7, 11) is 4.89. The highest BCUT2D eigenvalue weighted by Crippen LogP contribution is 2.32. The van der Waals surface area contributed by atoms with Crippen LogP contribution in [0, 0.1) is 34.6 Å². The molecule has 29 nitrogen and oxygen atoms in total. The second-order valence-electron chi connectivity index (χ2n) is 28.4. The van der Waals surface area contributed by atoms with Crippen molar-refractivity contribution in [1.82, 2.24) is 59.8 Å². The summed E-state index contributed by atoms with van der Waals surface area (Å²) in [6, 6.07) is 94.8. The van der Waals surface area contributed by atoms with Gasteiger partial charge in [-0.15, -0.1) is 0 Å². The van der Waals surface area contributed by atoms with Crippen LogP contribution >= 0.6 is 11.6 Å². The molecule has 0 amide bonds. The molecule has 0 saturated heterocycles. The Bertz CT molecular complexity index is 6290. The summed E-state index contributed by atoms with van der Waals surface area (Å²) in [5.41, 5.74) is 17.6. The van der Waals surface area contributed by atoms with Crippen LogP contribution in [0.15, 0.2) is 297 Å². The summed E-state index contributed by atoms with van der Waals surface area (Å²) in [4.78, 5) is 66.3. The van der Waals surface area contributed by atoms with Gasteiger partial charge in [0.05, 0.1) is 44.2 Å². The first-order valence-electron chi connectivity index (χ1n) is 40.6. The number of para-hydroxylation sites is 4. The van der Waals surface area contributed by atoms with E-state index in [0.29, 0.717) is 94.3 Å². The van der Waals surface area contributed by atoms with Crippen molar-refractivity contribution in [3.63, 3.8) is 0 Å². The Morgan fingerprint density at radius 2 is 0.567 bits per heavy atom. The lowest BCUT2D eigenvalue weighted by atomic mass is 10.1. The van der Waals surface area contributed by atoms with E-state index in [1.54, 1.807) is 52.5 Å². The quantitative estimate of drug-likeness (QED) is 0.0186. The number of carbonyl (C=O) groups excluding carboxylic acids is 1. The van der Waals surface area contributed by atoms with Crippen LogP contribution in [0.25, 0.3) is 0 Å². The molecule has 30 heteroatoms. The van der Waals surface area contributed by atoms with E-state index in [2.05, 4.69) is 137 Å². The minimum atomic E-state index is -0.366. The van der Waals surface area contributed by atoms with Crippen molar-refractivity contribution in [1.29, 1.82) is 0 Å². The van der Waals surface area contributed by atoms with Crippen LogP contribution in [0.5, 0.6) is 17.2 Å². The number of carbonyl (C=O) groups is 1. The Morgan fingerprint density at radius 1 is 0.268 bits per heavy atom. The number of hydrogen-bond donors (Lipinski definition) is 12. The molecule has 0 aliphatic carbocycles. The molecule has 640 valence electrons. The molecule has 4 aromatic heterocycles. The fourth-order valence-electron chi connectivity index (χ4n) is 12.1. The van der Waals surface area contributed by atoms with E-state index in [-0.39, 0.29) is 5.97 Å². The fourth-order valence-corrected chi connectivity index (χ4v) is 12.3. The highest BCUT2D eigenvalue weighted by Gasteiger charge is 2.17. The predicted molar refractivity (Wildman–Crippen MR) is 510 cm³/mol. The Labute approximate surface area is 741 Å². The zero-order valence-electron chi connectivity index (χ0n) is 71.5. The van der Waals surface area contributed by atoms with Crippen molar-refractivity contribution < 1.29 is 23.7 Å². The van der Waals surface area contributed by atoms with Crippen LogP contribution in [-0.2, 0) is 11.2 Å². The van der Waals surface area contributed by atoms with Crippen LogP contribution < -0.4 is 78.0 Å². The molecule has 0 atom stereocenters. The van der Waals surface area contributed by atoms with Gasteiger partial charge in [-0.3, -0.25) is 0 Å². The van der Waals surface area contributed by atoms with Crippen molar-refractivity contribution in [2.45, 2.75) is 54.9 Å². The number of benzene rings is 12. The average Bonchev–Trinajstić information content (AvgIpc) is 0.831. The lowest BCUT2D eigenvalue weighted by molar-refractivity contribution is 0.0526. The summed E-state index contributed by atoms with van der Waals surface area (Å²) < 4.78 is 20.8. The number of halogens is 1. The monoisotopic (exact) mass is 1710 g/mol. The third-order valence-electron chi connectivity index (χ3n) is 18.6. The van der Waals surface area contributed by atoms with Gasteiger partial charge in [-0.25, -0.2) is 4.79 Å². The summed E-state index contributed by atoms with van der Waals surface area (Å²) in [6.07, 6.45) is 0.896. The first-order chi connectivity index (χ1) is 61.9. The van der Waals surface area contributed by atoms with Gasteiger partial charge in [0.1, 0.15) is 17.2 Å². The largest absolute Gasteiger partial charge is 0.497 e. The van der Waals surface area contributed by atoms with Gasteiger partial charge in [-0.2, -0.15) is 59.8 Å². The zero-order chi connectivity index (χ0) is 88.6. The molecule has 0 bridgehead atoms. The van der Waals surface area contributed by atoms with Crippen molar-refractivity contribution in [2.75, 3.05) is 91.7 Å². The summed E-state index contributed by atoms with van der Waals surface area (Å²) in [5, 5.41) is 39.4. The first kappa shape index (κ1) is 88.2.